The molecule has 90 valence electrons. The standard InChI is InChI=1S/C10H14N6O/c1-6-8(11)9(16(2)15-6)10(17)13-4-7-3-12-5-14-7/h3,5H,4,11H2,1-2H3,(H,12,14)(H,13,17). The van der Waals surface area contributed by atoms with Gasteiger partial charge in [-0.3, -0.25) is 9.48 Å². The van der Waals surface area contributed by atoms with E-state index in [0.717, 1.165) is 5.69 Å². The number of hydrogen-bond acceptors (Lipinski definition) is 4. The summed E-state index contributed by atoms with van der Waals surface area (Å²) in [5.41, 5.74) is 8.06. The lowest BCUT2D eigenvalue weighted by molar-refractivity contribution is 0.0942. The molecule has 2 aromatic rings. The van der Waals surface area contributed by atoms with E-state index in [9.17, 15) is 4.79 Å². The second-order valence-electron chi connectivity index (χ2n) is 3.73. The molecular formula is C10H14N6O. The monoisotopic (exact) mass is 234 g/mol. The number of H-pyrrole nitrogens is 1. The van der Waals surface area contributed by atoms with E-state index in [1.54, 1.807) is 26.5 Å². The maximum Gasteiger partial charge on any atom is 0.272 e. The Labute approximate surface area is 98.0 Å². The van der Waals surface area contributed by atoms with Gasteiger partial charge in [0.1, 0.15) is 5.69 Å². The highest BCUT2D eigenvalue weighted by molar-refractivity contribution is 5.97. The van der Waals surface area contributed by atoms with Gasteiger partial charge in [-0.1, -0.05) is 0 Å². The summed E-state index contributed by atoms with van der Waals surface area (Å²) in [6, 6.07) is 0. The van der Waals surface area contributed by atoms with Gasteiger partial charge in [0.25, 0.3) is 5.91 Å². The molecule has 2 aromatic heterocycles. The first-order valence-electron chi connectivity index (χ1n) is 5.14. The van der Waals surface area contributed by atoms with Crippen molar-refractivity contribution in [1.29, 1.82) is 0 Å². The van der Waals surface area contributed by atoms with Crippen molar-refractivity contribution in [1.82, 2.24) is 25.1 Å². The van der Waals surface area contributed by atoms with Crippen LogP contribution in [-0.4, -0.2) is 25.7 Å². The van der Waals surface area contributed by atoms with Gasteiger partial charge in [-0.25, -0.2) is 4.98 Å². The van der Waals surface area contributed by atoms with E-state index in [2.05, 4.69) is 20.4 Å². The number of amides is 1. The quantitative estimate of drug-likeness (QED) is 0.693. The number of nitrogens with one attached hydrogen (secondary N) is 2. The molecule has 7 heteroatoms. The molecule has 7 nitrogen and oxygen atoms in total. The normalized spacial score (nSPS) is 10.5. The van der Waals surface area contributed by atoms with Gasteiger partial charge in [-0.2, -0.15) is 5.10 Å². The average Bonchev–Trinajstić information content (AvgIpc) is 2.86. The molecule has 0 atom stereocenters. The van der Waals surface area contributed by atoms with Gasteiger partial charge in [-0.05, 0) is 6.92 Å². The molecular weight excluding hydrogens is 220 g/mol. The minimum absolute atomic E-state index is 0.250. The van der Waals surface area contributed by atoms with Gasteiger partial charge in [0.2, 0.25) is 0 Å². The molecule has 0 saturated carbocycles. The highest BCUT2D eigenvalue weighted by atomic mass is 16.2. The summed E-state index contributed by atoms with van der Waals surface area (Å²) in [6.07, 6.45) is 3.21. The van der Waals surface area contributed by atoms with Crippen molar-refractivity contribution in [2.45, 2.75) is 13.5 Å². The topological polar surface area (TPSA) is 102 Å². The zero-order valence-electron chi connectivity index (χ0n) is 9.69. The highest BCUT2D eigenvalue weighted by Crippen LogP contribution is 2.14. The van der Waals surface area contributed by atoms with Crippen LogP contribution in [0.1, 0.15) is 21.9 Å². The molecule has 4 N–H and O–H groups in total. The van der Waals surface area contributed by atoms with E-state index in [1.807, 2.05) is 0 Å². The number of hydrogen-bond donors (Lipinski definition) is 3. The Balaban J connectivity index is 2.10. The van der Waals surface area contributed by atoms with Crippen LogP contribution in [0.5, 0.6) is 0 Å². The molecule has 2 heterocycles. The Morgan fingerprint density at radius 1 is 1.65 bits per heavy atom. The van der Waals surface area contributed by atoms with Crippen molar-refractivity contribution < 1.29 is 4.79 Å². The number of aromatic nitrogens is 4. The summed E-state index contributed by atoms with van der Waals surface area (Å²) in [4.78, 5) is 18.7. The Morgan fingerprint density at radius 2 is 2.41 bits per heavy atom. The molecule has 0 bridgehead atoms. The van der Waals surface area contributed by atoms with Gasteiger partial charge in [0.15, 0.2) is 0 Å². The van der Waals surface area contributed by atoms with Crippen LogP contribution in [0.15, 0.2) is 12.5 Å². The number of aromatic amines is 1. The fraction of sp³-hybridized carbons (Fsp3) is 0.300. The van der Waals surface area contributed by atoms with E-state index in [1.165, 1.54) is 4.68 Å². The van der Waals surface area contributed by atoms with E-state index in [4.69, 9.17) is 5.73 Å². The summed E-state index contributed by atoms with van der Waals surface area (Å²) in [5.74, 6) is -0.250. The van der Waals surface area contributed by atoms with Crippen LogP contribution < -0.4 is 11.1 Å². The maximum atomic E-state index is 11.9. The van der Waals surface area contributed by atoms with E-state index >= 15 is 0 Å². The van der Waals surface area contributed by atoms with Gasteiger partial charge in [-0.15, -0.1) is 0 Å². The summed E-state index contributed by atoms with van der Waals surface area (Å²) in [5, 5.41) is 6.83. The molecule has 0 saturated heterocycles. The molecule has 2 rings (SSSR count). The average molecular weight is 234 g/mol. The number of nitrogens with two attached hydrogens (primary N) is 1. The number of nitrogens with zero attached hydrogens (tertiary/aromatic N) is 3. The summed E-state index contributed by atoms with van der Waals surface area (Å²) < 4.78 is 1.48. The molecule has 17 heavy (non-hydrogen) atoms. The Bertz CT molecular complexity index is 527. The molecule has 0 aliphatic rings. The molecule has 0 aliphatic carbocycles. The molecule has 0 spiro atoms. The number of rotatable bonds is 3. The largest absolute Gasteiger partial charge is 0.395 e. The van der Waals surface area contributed by atoms with Crippen molar-refractivity contribution in [2.24, 2.45) is 7.05 Å². The van der Waals surface area contributed by atoms with E-state index in [-0.39, 0.29) is 5.91 Å². The maximum absolute atomic E-state index is 11.9. The summed E-state index contributed by atoms with van der Waals surface area (Å²) in [6.45, 7) is 2.14. The van der Waals surface area contributed by atoms with Crippen LogP contribution in [0.2, 0.25) is 0 Å². The first-order chi connectivity index (χ1) is 8.09. The van der Waals surface area contributed by atoms with Crippen molar-refractivity contribution in [3.8, 4) is 0 Å². The van der Waals surface area contributed by atoms with Crippen LogP contribution in [0.3, 0.4) is 0 Å². The Hall–Kier alpha value is -2.31. The Morgan fingerprint density at radius 3 is 2.94 bits per heavy atom. The van der Waals surface area contributed by atoms with E-state index < -0.39 is 0 Å². The second kappa shape index (κ2) is 4.28. The first kappa shape index (κ1) is 11.2. The van der Waals surface area contributed by atoms with Crippen molar-refractivity contribution in [3.63, 3.8) is 0 Å². The van der Waals surface area contributed by atoms with Crippen LogP contribution >= 0.6 is 0 Å². The third-order valence-corrected chi connectivity index (χ3v) is 2.48. The Kier molecular flexibility index (Phi) is 2.82. The molecule has 1 amide bonds. The van der Waals surface area contributed by atoms with Crippen molar-refractivity contribution >= 4 is 11.6 Å². The van der Waals surface area contributed by atoms with Crippen LogP contribution in [0.4, 0.5) is 5.69 Å². The fourth-order valence-corrected chi connectivity index (χ4v) is 1.58. The number of imidazole rings is 1. The number of nitrogen functional groups attached to an aromatic ring is 1. The minimum Gasteiger partial charge on any atom is -0.395 e. The zero-order valence-corrected chi connectivity index (χ0v) is 9.69. The fourth-order valence-electron chi connectivity index (χ4n) is 1.58. The number of anilines is 1. The molecule has 0 fully saturated rings. The molecule has 0 radical (unpaired) electrons. The first-order valence-corrected chi connectivity index (χ1v) is 5.14. The van der Waals surface area contributed by atoms with Crippen LogP contribution in [0, 0.1) is 6.92 Å². The lowest BCUT2D eigenvalue weighted by atomic mass is 10.3. The van der Waals surface area contributed by atoms with Gasteiger partial charge in [0, 0.05) is 13.2 Å². The minimum atomic E-state index is -0.250. The van der Waals surface area contributed by atoms with Crippen molar-refractivity contribution in [2.75, 3.05) is 5.73 Å². The van der Waals surface area contributed by atoms with Crippen molar-refractivity contribution in [3.05, 3.63) is 29.6 Å². The summed E-state index contributed by atoms with van der Waals surface area (Å²) >= 11 is 0. The molecule has 0 unspecified atom stereocenters. The SMILES string of the molecule is Cc1nn(C)c(C(=O)NCc2cnc[nH]2)c1N. The van der Waals surface area contributed by atoms with E-state index in [0.29, 0.717) is 23.6 Å². The number of aryl methyl sites for hydroxylation is 2. The van der Waals surface area contributed by atoms with Gasteiger partial charge in [0.05, 0.1) is 29.9 Å². The van der Waals surface area contributed by atoms with Crippen LogP contribution in [-0.2, 0) is 13.6 Å². The molecule has 0 aromatic carbocycles. The van der Waals surface area contributed by atoms with Gasteiger partial charge >= 0.3 is 0 Å². The smallest absolute Gasteiger partial charge is 0.272 e. The predicted molar refractivity (Wildman–Crippen MR) is 62.1 cm³/mol. The van der Waals surface area contributed by atoms with Crippen LogP contribution in [0.25, 0.3) is 0 Å². The number of carbonyl (C=O) groups is 1. The number of carbonyl (C=O) groups excluding carboxylic acids is 1. The third kappa shape index (κ3) is 2.12. The molecule has 0 aliphatic heterocycles. The predicted octanol–water partition coefficient (Wildman–Crippen LogP) is -0.0362. The second-order valence-corrected chi connectivity index (χ2v) is 3.73. The lowest BCUT2D eigenvalue weighted by Crippen LogP contribution is -2.26. The highest BCUT2D eigenvalue weighted by Gasteiger charge is 2.17. The lowest BCUT2D eigenvalue weighted by Gasteiger charge is -2.04. The van der Waals surface area contributed by atoms with Gasteiger partial charge < -0.3 is 16.0 Å². The third-order valence-electron chi connectivity index (χ3n) is 2.48. The zero-order chi connectivity index (χ0) is 12.4. The summed E-state index contributed by atoms with van der Waals surface area (Å²) in [7, 11) is 1.69.